The van der Waals surface area contributed by atoms with Crippen LogP contribution < -0.4 is 0 Å². The summed E-state index contributed by atoms with van der Waals surface area (Å²) in [6.07, 6.45) is -0.601. The third-order valence-corrected chi connectivity index (χ3v) is 8.99. The van der Waals surface area contributed by atoms with Crippen LogP contribution in [0, 0.1) is 0 Å². The van der Waals surface area contributed by atoms with Crippen molar-refractivity contribution in [2.45, 2.75) is 42.2 Å². The number of rotatable bonds is 6. The van der Waals surface area contributed by atoms with Crippen molar-refractivity contribution in [3.05, 3.63) is 144 Å². The van der Waals surface area contributed by atoms with Gasteiger partial charge in [0.15, 0.2) is 5.79 Å². The Labute approximate surface area is 213 Å². The molecule has 0 N–H and O–H groups in total. The lowest BCUT2D eigenvalue weighted by atomic mass is 9.75. The van der Waals surface area contributed by atoms with Gasteiger partial charge in [-0.1, -0.05) is 121 Å². The minimum atomic E-state index is -0.758. The van der Waals surface area contributed by atoms with E-state index in [0.29, 0.717) is 0 Å². The Bertz CT molecular complexity index is 1070. The lowest BCUT2D eigenvalue weighted by molar-refractivity contribution is -0.150. The van der Waals surface area contributed by atoms with Gasteiger partial charge in [0.2, 0.25) is 0 Å². The second-order valence-electron chi connectivity index (χ2n) is 9.68. The first kappa shape index (κ1) is 24.4. The fourth-order valence-corrected chi connectivity index (χ4v) is 6.53. The molecule has 1 fully saturated rings. The molecule has 4 atom stereocenters. The summed E-state index contributed by atoms with van der Waals surface area (Å²) in [6, 6.07) is 42.4. The van der Waals surface area contributed by atoms with E-state index in [9.17, 15) is 0 Å². The standard InChI is InChI=1S/C31H32O2P2/c1-29(2)32-27(30(34,23-15-7-3-8-16-23)24-17-9-4-10-18-24)28(33-29)31(35,25-19-11-5-12-20-25)26-21-13-6-14-22-26/h3-22,27-28H,34-35H2,1-2H3. The predicted molar refractivity (Wildman–Crippen MR) is 151 cm³/mol. The third kappa shape index (κ3) is 4.39. The Hall–Kier alpha value is -2.34. The van der Waals surface area contributed by atoms with Gasteiger partial charge in [-0.05, 0) is 36.1 Å². The van der Waals surface area contributed by atoms with E-state index in [-0.39, 0.29) is 12.2 Å². The molecule has 2 nitrogen and oxygen atoms in total. The zero-order valence-corrected chi connectivity index (χ0v) is 22.5. The molecule has 1 heterocycles. The van der Waals surface area contributed by atoms with Crippen molar-refractivity contribution in [3.8, 4) is 0 Å². The molecule has 0 aromatic heterocycles. The maximum absolute atomic E-state index is 6.87. The lowest BCUT2D eigenvalue weighted by Gasteiger charge is -2.44. The van der Waals surface area contributed by atoms with Gasteiger partial charge in [-0.25, -0.2) is 0 Å². The highest BCUT2D eigenvalue weighted by molar-refractivity contribution is 7.19. The van der Waals surface area contributed by atoms with Crippen LogP contribution in [0.5, 0.6) is 0 Å². The van der Waals surface area contributed by atoms with Gasteiger partial charge < -0.3 is 9.47 Å². The van der Waals surface area contributed by atoms with Crippen molar-refractivity contribution in [2.75, 3.05) is 0 Å². The lowest BCUT2D eigenvalue weighted by Crippen LogP contribution is -2.50. The van der Waals surface area contributed by atoms with E-state index in [2.05, 4.69) is 140 Å². The average Bonchev–Trinajstić information content (AvgIpc) is 3.26. The van der Waals surface area contributed by atoms with Gasteiger partial charge in [-0.2, -0.15) is 0 Å². The summed E-state index contributed by atoms with van der Waals surface area (Å²) >= 11 is 0. The highest BCUT2D eigenvalue weighted by Crippen LogP contribution is 2.56. The molecule has 1 aliphatic heterocycles. The molecule has 0 saturated carbocycles. The predicted octanol–water partition coefficient (Wildman–Crippen LogP) is 7.14. The van der Waals surface area contributed by atoms with Gasteiger partial charge in [-0.3, -0.25) is 0 Å². The monoisotopic (exact) mass is 498 g/mol. The summed E-state index contributed by atoms with van der Waals surface area (Å²) in [5, 5.41) is -1.07. The van der Waals surface area contributed by atoms with Gasteiger partial charge >= 0.3 is 0 Å². The second kappa shape index (κ2) is 9.61. The van der Waals surface area contributed by atoms with Crippen molar-refractivity contribution in [1.29, 1.82) is 0 Å². The molecule has 4 aromatic rings. The van der Waals surface area contributed by atoms with Crippen LogP contribution in [0.2, 0.25) is 0 Å². The van der Waals surface area contributed by atoms with Crippen molar-refractivity contribution in [1.82, 2.24) is 0 Å². The number of hydrogen-bond donors (Lipinski definition) is 0. The molecule has 0 spiro atoms. The van der Waals surface area contributed by atoms with Gasteiger partial charge in [0.1, 0.15) is 12.2 Å². The first-order valence-corrected chi connectivity index (χ1v) is 13.2. The summed E-state index contributed by atoms with van der Waals surface area (Å²) in [4.78, 5) is 0. The summed E-state index contributed by atoms with van der Waals surface area (Å²) in [6.45, 7) is 4.03. The third-order valence-electron chi connectivity index (χ3n) is 7.00. The molecule has 35 heavy (non-hydrogen) atoms. The molecule has 1 saturated heterocycles. The van der Waals surface area contributed by atoms with Crippen LogP contribution in [0.15, 0.2) is 121 Å². The molecule has 5 rings (SSSR count). The van der Waals surface area contributed by atoms with E-state index in [4.69, 9.17) is 9.47 Å². The van der Waals surface area contributed by atoms with Crippen LogP contribution >= 0.6 is 18.5 Å². The van der Waals surface area contributed by atoms with Gasteiger partial charge in [-0.15, -0.1) is 18.5 Å². The Morgan fingerprint density at radius 1 is 0.486 bits per heavy atom. The van der Waals surface area contributed by atoms with E-state index in [0.717, 1.165) is 0 Å². The first-order chi connectivity index (χ1) is 16.9. The second-order valence-corrected chi connectivity index (χ2v) is 11.5. The highest BCUT2D eigenvalue weighted by Gasteiger charge is 2.58. The fraction of sp³-hybridized carbons (Fsp3) is 0.226. The summed E-state index contributed by atoms with van der Waals surface area (Å²) in [5.74, 6) is -0.758. The van der Waals surface area contributed by atoms with Crippen LogP contribution in [0.25, 0.3) is 0 Å². The molecule has 4 aromatic carbocycles. The smallest absolute Gasteiger partial charge is 0.163 e. The van der Waals surface area contributed by atoms with E-state index in [1.165, 1.54) is 22.3 Å². The maximum Gasteiger partial charge on any atom is 0.163 e. The Balaban J connectivity index is 1.76. The molecule has 0 amide bonds. The zero-order chi connectivity index (χ0) is 24.5. The number of benzene rings is 4. The quantitative estimate of drug-likeness (QED) is 0.263. The molecule has 178 valence electrons. The van der Waals surface area contributed by atoms with Gasteiger partial charge in [0.05, 0.1) is 10.3 Å². The zero-order valence-electron chi connectivity index (χ0n) is 20.2. The number of hydrogen-bond acceptors (Lipinski definition) is 2. The van der Waals surface area contributed by atoms with Crippen LogP contribution in [0.1, 0.15) is 36.1 Å². The van der Waals surface area contributed by atoms with E-state index < -0.39 is 16.1 Å². The van der Waals surface area contributed by atoms with Crippen molar-refractivity contribution < 1.29 is 9.47 Å². The van der Waals surface area contributed by atoms with Crippen LogP contribution in [-0.2, 0) is 19.8 Å². The Kier molecular flexibility index (Phi) is 6.69. The van der Waals surface area contributed by atoms with Crippen molar-refractivity contribution in [2.24, 2.45) is 0 Å². The van der Waals surface area contributed by atoms with E-state index >= 15 is 0 Å². The largest absolute Gasteiger partial charge is 0.343 e. The minimum Gasteiger partial charge on any atom is -0.343 e. The normalized spacial score (nSPS) is 20.0. The van der Waals surface area contributed by atoms with Crippen LogP contribution in [0.4, 0.5) is 0 Å². The summed E-state index contributed by atoms with van der Waals surface area (Å²) in [7, 11) is 6.32. The van der Waals surface area contributed by atoms with Crippen molar-refractivity contribution in [3.63, 3.8) is 0 Å². The van der Waals surface area contributed by atoms with Crippen molar-refractivity contribution >= 4 is 18.5 Å². The van der Waals surface area contributed by atoms with Gasteiger partial charge in [0.25, 0.3) is 0 Å². The molecule has 4 unspecified atom stereocenters. The molecule has 0 aliphatic carbocycles. The molecular weight excluding hydrogens is 466 g/mol. The number of ether oxygens (including phenoxy) is 2. The Morgan fingerprint density at radius 2 is 0.714 bits per heavy atom. The fourth-order valence-electron chi connectivity index (χ4n) is 5.27. The summed E-state index contributed by atoms with van der Waals surface area (Å²) < 4.78 is 13.7. The molecule has 0 bridgehead atoms. The molecule has 0 radical (unpaired) electrons. The van der Waals surface area contributed by atoms with E-state index in [1.807, 2.05) is 13.8 Å². The first-order valence-electron chi connectivity index (χ1n) is 12.0. The van der Waals surface area contributed by atoms with Gasteiger partial charge in [0, 0.05) is 0 Å². The minimum absolute atomic E-state index is 0.301. The maximum atomic E-state index is 6.87. The average molecular weight is 499 g/mol. The van der Waals surface area contributed by atoms with E-state index in [1.54, 1.807) is 0 Å². The SMILES string of the molecule is CC1(C)OC(C(P)(c2ccccc2)c2ccccc2)C(C(P)(c2ccccc2)c2ccccc2)O1. The molecule has 1 aliphatic rings. The topological polar surface area (TPSA) is 18.5 Å². The molecule has 4 heteroatoms. The summed E-state index contributed by atoms with van der Waals surface area (Å²) in [5.41, 5.74) is 4.67. The highest BCUT2D eigenvalue weighted by atomic mass is 31.0. The van der Waals surface area contributed by atoms with Crippen LogP contribution in [-0.4, -0.2) is 18.0 Å². The molecular formula is C31H32O2P2. The van der Waals surface area contributed by atoms with Crippen LogP contribution in [0.3, 0.4) is 0 Å². The Morgan fingerprint density at radius 3 is 0.943 bits per heavy atom.